The van der Waals surface area contributed by atoms with Crippen LogP contribution in [0, 0.1) is 0 Å². The molecule has 4 nitrogen and oxygen atoms in total. The summed E-state index contributed by atoms with van der Waals surface area (Å²) in [7, 11) is 0. The Labute approximate surface area is 131 Å². The maximum absolute atomic E-state index is 9.53. The van der Waals surface area contributed by atoms with E-state index in [9.17, 15) is 5.11 Å². The maximum atomic E-state index is 9.53. The van der Waals surface area contributed by atoms with Crippen LogP contribution in [0.2, 0.25) is 0 Å². The molecule has 1 aliphatic heterocycles. The van der Waals surface area contributed by atoms with Crippen LogP contribution in [0.25, 0.3) is 0 Å². The number of rotatable bonds is 4. The van der Waals surface area contributed by atoms with Crippen molar-refractivity contribution in [1.29, 1.82) is 0 Å². The van der Waals surface area contributed by atoms with Gasteiger partial charge in [-0.3, -0.25) is 0 Å². The molecule has 0 bridgehead atoms. The smallest absolute Gasteiger partial charge is 0.231 e. The quantitative estimate of drug-likeness (QED) is 0.882. The van der Waals surface area contributed by atoms with Crippen molar-refractivity contribution in [2.24, 2.45) is 0 Å². The molecule has 0 spiro atoms. The summed E-state index contributed by atoms with van der Waals surface area (Å²) in [6.45, 7) is 3.03. The van der Waals surface area contributed by atoms with Gasteiger partial charge in [0.1, 0.15) is 5.75 Å². The Balaban J connectivity index is 1.70. The highest BCUT2D eigenvalue weighted by Crippen LogP contribution is 2.37. The van der Waals surface area contributed by atoms with Crippen LogP contribution in [-0.4, -0.2) is 11.9 Å². The van der Waals surface area contributed by atoms with E-state index in [1.54, 1.807) is 12.1 Å². The van der Waals surface area contributed by atoms with Crippen molar-refractivity contribution in [1.82, 2.24) is 5.32 Å². The number of hydrogen-bond donors (Lipinski definition) is 2. The Morgan fingerprint density at radius 2 is 2.00 bits per heavy atom. The van der Waals surface area contributed by atoms with Gasteiger partial charge in [0.15, 0.2) is 11.5 Å². The van der Waals surface area contributed by atoms with Crippen LogP contribution in [0.1, 0.15) is 24.1 Å². The van der Waals surface area contributed by atoms with Gasteiger partial charge in [0.25, 0.3) is 0 Å². The third kappa shape index (κ3) is 3.14. The maximum Gasteiger partial charge on any atom is 0.231 e. The average molecular weight is 350 g/mol. The van der Waals surface area contributed by atoms with E-state index in [0.29, 0.717) is 6.54 Å². The van der Waals surface area contributed by atoms with Crippen molar-refractivity contribution in [3.05, 3.63) is 52.0 Å². The third-order valence-corrected chi connectivity index (χ3v) is 4.25. The number of fused-ring (bicyclic) bond motifs is 1. The molecule has 1 heterocycles. The van der Waals surface area contributed by atoms with Gasteiger partial charge < -0.3 is 19.9 Å². The van der Waals surface area contributed by atoms with Crippen LogP contribution >= 0.6 is 15.9 Å². The predicted octanol–water partition coefficient (Wildman–Crippen LogP) is 3.73. The molecule has 0 saturated carbocycles. The molecule has 5 heteroatoms. The first-order valence-electron chi connectivity index (χ1n) is 6.74. The molecule has 3 rings (SSSR count). The van der Waals surface area contributed by atoms with E-state index < -0.39 is 0 Å². The van der Waals surface area contributed by atoms with Gasteiger partial charge in [-0.25, -0.2) is 0 Å². The summed E-state index contributed by atoms with van der Waals surface area (Å²) >= 11 is 3.55. The highest BCUT2D eigenvalue weighted by molar-refractivity contribution is 9.10. The minimum Gasteiger partial charge on any atom is -0.508 e. The zero-order valence-electron chi connectivity index (χ0n) is 11.6. The number of benzene rings is 2. The van der Waals surface area contributed by atoms with E-state index in [0.717, 1.165) is 27.1 Å². The second kappa shape index (κ2) is 5.95. The zero-order valence-corrected chi connectivity index (χ0v) is 13.2. The SMILES string of the molecule is CC(NCc1cc2c(cc1Br)OCO2)c1cccc(O)c1. The Hall–Kier alpha value is -1.72. The molecule has 0 radical (unpaired) electrons. The Morgan fingerprint density at radius 1 is 1.24 bits per heavy atom. The molecule has 0 aliphatic carbocycles. The van der Waals surface area contributed by atoms with E-state index in [-0.39, 0.29) is 18.6 Å². The first-order valence-corrected chi connectivity index (χ1v) is 7.53. The number of phenols is 1. The van der Waals surface area contributed by atoms with Gasteiger partial charge in [0.2, 0.25) is 6.79 Å². The van der Waals surface area contributed by atoms with E-state index in [2.05, 4.69) is 28.2 Å². The normalized spacial score (nSPS) is 14.2. The van der Waals surface area contributed by atoms with Gasteiger partial charge in [0, 0.05) is 17.1 Å². The van der Waals surface area contributed by atoms with E-state index in [1.165, 1.54) is 0 Å². The van der Waals surface area contributed by atoms with Crippen LogP contribution in [0.5, 0.6) is 17.2 Å². The molecule has 2 aromatic carbocycles. The van der Waals surface area contributed by atoms with Crippen molar-refractivity contribution >= 4 is 15.9 Å². The summed E-state index contributed by atoms with van der Waals surface area (Å²) in [6.07, 6.45) is 0. The number of aromatic hydroxyl groups is 1. The summed E-state index contributed by atoms with van der Waals surface area (Å²) < 4.78 is 11.7. The number of ether oxygens (including phenoxy) is 2. The molecular formula is C16H16BrNO3. The Kier molecular flexibility index (Phi) is 4.03. The van der Waals surface area contributed by atoms with E-state index >= 15 is 0 Å². The third-order valence-electron chi connectivity index (χ3n) is 3.51. The molecular weight excluding hydrogens is 334 g/mol. The summed E-state index contributed by atoms with van der Waals surface area (Å²) in [5.41, 5.74) is 2.15. The lowest BCUT2D eigenvalue weighted by molar-refractivity contribution is 0.174. The fourth-order valence-corrected chi connectivity index (χ4v) is 2.73. The first kappa shape index (κ1) is 14.2. The van der Waals surface area contributed by atoms with Crippen molar-refractivity contribution in [2.45, 2.75) is 19.5 Å². The molecule has 0 aromatic heterocycles. The van der Waals surface area contributed by atoms with Crippen LogP contribution in [-0.2, 0) is 6.54 Å². The largest absolute Gasteiger partial charge is 0.508 e. The summed E-state index contributed by atoms with van der Waals surface area (Å²) in [5.74, 6) is 1.83. The molecule has 0 fully saturated rings. The fourth-order valence-electron chi connectivity index (χ4n) is 2.27. The molecule has 0 amide bonds. The van der Waals surface area contributed by atoms with Crippen LogP contribution in [0.4, 0.5) is 0 Å². The topological polar surface area (TPSA) is 50.7 Å². The van der Waals surface area contributed by atoms with E-state index in [1.807, 2.05) is 24.3 Å². The first-order chi connectivity index (χ1) is 10.1. The molecule has 1 atom stereocenters. The van der Waals surface area contributed by atoms with Crippen LogP contribution in [0.15, 0.2) is 40.9 Å². The zero-order chi connectivity index (χ0) is 14.8. The van der Waals surface area contributed by atoms with Crippen LogP contribution < -0.4 is 14.8 Å². The molecule has 21 heavy (non-hydrogen) atoms. The van der Waals surface area contributed by atoms with Gasteiger partial charge >= 0.3 is 0 Å². The highest BCUT2D eigenvalue weighted by Gasteiger charge is 2.16. The summed E-state index contributed by atoms with van der Waals surface area (Å²) in [6, 6.07) is 11.3. The van der Waals surface area contributed by atoms with Crippen molar-refractivity contribution in [3.8, 4) is 17.2 Å². The second-order valence-electron chi connectivity index (χ2n) is 4.99. The standard InChI is InChI=1S/C16H16BrNO3/c1-10(11-3-2-4-13(19)5-11)18-8-12-6-15-16(7-14(12)17)21-9-20-15/h2-7,10,18-19H,8-9H2,1H3. The lowest BCUT2D eigenvalue weighted by atomic mass is 10.1. The van der Waals surface area contributed by atoms with Gasteiger partial charge in [-0.15, -0.1) is 0 Å². The minimum absolute atomic E-state index is 0.134. The van der Waals surface area contributed by atoms with Gasteiger partial charge in [0.05, 0.1) is 0 Å². The molecule has 110 valence electrons. The Morgan fingerprint density at radius 3 is 2.76 bits per heavy atom. The predicted molar refractivity (Wildman–Crippen MR) is 83.6 cm³/mol. The van der Waals surface area contributed by atoms with E-state index in [4.69, 9.17) is 9.47 Å². The summed E-state index contributed by atoms with van der Waals surface area (Å²) in [5, 5.41) is 13.0. The average Bonchev–Trinajstić information content (AvgIpc) is 2.91. The summed E-state index contributed by atoms with van der Waals surface area (Å²) in [4.78, 5) is 0. The number of phenolic OH excluding ortho intramolecular Hbond substituents is 1. The van der Waals surface area contributed by atoms with Gasteiger partial charge in [-0.1, -0.05) is 28.1 Å². The fraction of sp³-hybridized carbons (Fsp3) is 0.250. The van der Waals surface area contributed by atoms with Crippen molar-refractivity contribution in [3.63, 3.8) is 0 Å². The monoisotopic (exact) mass is 349 g/mol. The number of halogens is 1. The highest BCUT2D eigenvalue weighted by atomic mass is 79.9. The second-order valence-corrected chi connectivity index (χ2v) is 5.85. The lowest BCUT2D eigenvalue weighted by Crippen LogP contribution is -2.18. The molecule has 1 aliphatic rings. The van der Waals surface area contributed by atoms with Crippen molar-refractivity contribution in [2.75, 3.05) is 6.79 Å². The number of nitrogens with one attached hydrogen (secondary N) is 1. The molecule has 1 unspecified atom stereocenters. The molecule has 2 N–H and O–H groups in total. The van der Waals surface area contributed by atoms with Gasteiger partial charge in [-0.05, 0) is 42.3 Å². The van der Waals surface area contributed by atoms with Crippen molar-refractivity contribution < 1.29 is 14.6 Å². The van der Waals surface area contributed by atoms with Crippen LogP contribution in [0.3, 0.4) is 0 Å². The number of hydrogen-bond acceptors (Lipinski definition) is 4. The Bertz CT molecular complexity index is 660. The lowest BCUT2D eigenvalue weighted by Gasteiger charge is -2.15. The van der Waals surface area contributed by atoms with Gasteiger partial charge in [-0.2, -0.15) is 0 Å². The minimum atomic E-state index is 0.134. The molecule has 0 saturated heterocycles. The molecule has 2 aromatic rings.